The predicted octanol–water partition coefficient (Wildman–Crippen LogP) is 4.62. The van der Waals surface area contributed by atoms with Crippen molar-refractivity contribution in [2.45, 2.75) is 30.8 Å². The number of para-hydroxylation sites is 1. The maximum atomic E-state index is 13.6. The van der Waals surface area contributed by atoms with Crippen molar-refractivity contribution in [2.75, 3.05) is 31.1 Å². The van der Waals surface area contributed by atoms with Gasteiger partial charge in [0.25, 0.3) is 15.9 Å². The number of sulfonamides is 1. The fourth-order valence-electron chi connectivity index (χ4n) is 4.00. The first-order valence-electron chi connectivity index (χ1n) is 11.8. The number of nitrogens with one attached hydrogen (secondary N) is 1. The van der Waals surface area contributed by atoms with Crippen molar-refractivity contribution in [1.82, 2.24) is 5.32 Å². The van der Waals surface area contributed by atoms with E-state index in [4.69, 9.17) is 25.8 Å². The molecule has 4 rings (SSSR count). The number of carbonyl (C=O) groups excluding carboxylic acids is 1. The highest BCUT2D eigenvalue weighted by Gasteiger charge is 2.37. The number of benzene rings is 3. The Morgan fingerprint density at radius 3 is 2.57 bits per heavy atom. The van der Waals surface area contributed by atoms with E-state index in [1.165, 1.54) is 25.3 Å². The van der Waals surface area contributed by atoms with Crippen molar-refractivity contribution in [3.05, 3.63) is 77.3 Å². The molecule has 1 heterocycles. The molecule has 0 radical (unpaired) electrons. The number of nitrogens with zero attached hydrogens (tertiary/aromatic N) is 1. The number of carbonyl (C=O) groups is 1. The lowest BCUT2D eigenvalue weighted by molar-refractivity contribution is -0.127. The molecule has 0 fully saturated rings. The van der Waals surface area contributed by atoms with Gasteiger partial charge in [0.1, 0.15) is 23.9 Å². The SMILES string of the molecule is COc1ccc(S(=O)(=O)N2C[C@H](C(=O)NCCOc3ccccc3C(C)C)Oc3ccc(Cl)cc32)cc1. The van der Waals surface area contributed by atoms with Gasteiger partial charge >= 0.3 is 0 Å². The number of hydrogen-bond donors (Lipinski definition) is 1. The van der Waals surface area contributed by atoms with Crippen molar-refractivity contribution in [3.63, 3.8) is 0 Å². The molecule has 196 valence electrons. The normalized spacial score (nSPS) is 15.1. The molecule has 1 aliphatic heterocycles. The van der Waals surface area contributed by atoms with E-state index >= 15 is 0 Å². The van der Waals surface area contributed by atoms with Gasteiger partial charge in [-0.3, -0.25) is 9.10 Å². The first-order chi connectivity index (χ1) is 17.7. The molecule has 1 aliphatic rings. The summed E-state index contributed by atoms with van der Waals surface area (Å²) in [5.74, 6) is 1.39. The fourth-order valence-corrected chi connectivity index (χ4v) is 5.64. The van der Waals surface area contributed by atoms with Crippen LogP contribution in [0, 0.1) is 0 Å². The Hall–Kier alpha value is -3.43. The van der Waals surface area contributed by atoms with E-state index in [1.54, 1.807) is 24.3 Å². The molecule has 1 N–H and O–H groups in total. The van der Waals surface area contributed by atoms with Crippen LogP contribution in [0.25, 0.3) is 0 Å². The predicted molar refractivity (Wildman–Crippen MR) is 142 cm³/mol. The Morgan fingerprint density at radius 1 is 1.14 bits per heavy atom. The second-order valence-electron chi connectivity index (χ2n) is 8.76. The number of anilines is 1. The summed E-state index contributed by atoms with van der Waals surface area (Å²) in [6, 6.07) is 18.4. The molecule has 0 spiro atoms. The third kappa shape index (κ3) is 5.94. The largest absolute Gasteiger partial charge is 0.497 e. The van der Waals surface area contributed by atoms with Gasteiger partial charge in [-0.25, -0.2) is 8.42 Å². The van der Waals surface area contributed by atoms with Crippen LogP contribution in [0.15, 0.2) is 71.6 Å². The minimum Gasteiger partial charge on any atom is -0.497 e. The Labute approximate surface area is 222 Å². The zero-order valence-corrected chi connectivity index (χ0v) is 22.4. The summed E-state index contributed by atoms with van der Waals surface area (Å²) < 4.78 is 45.2. The molecule has 3 aromatic carbocycles. The fraction of sp³-hybridized carbons (Fsp3) is 0.296. The third-order valence-electron chi connectivity index (χ3n) is 5.93. The molecule has 0 aliphatic carbocycles. The van der Waals surface area contributed by atoms with Gasteiger partial charge in [-0.1, -0.05) is 43.6 Å². The molecule has 1 atom stereocenters. The van der Waals surface area contributed by atoms with Crippen molar-refractivity contribution in [1.29, 1.82) is 0 Å². The zero-order valence-electron chi connectivity index (χ0n) is 20.8. The quantitative estimate of drug-likeness (QED) is 0.395. The van der Waals surface area contributed by atoms with E-state index in [2.05, 4.69) is 19.2 Å². The number of halogens is 1. The zero-order chi connectivity index (χ0) is 26.6. The van der Waals surface area contributed by atoms with Gasteiger partial charge in [-0.2, -0.15) is 0 Å². The Morgan fingerprint density at radius 2 is 1.86 bits per heavy atom. The standard InChI is InChI=1S/C27H29ClN2O6S/c1-18(2)22-6-4-5-7-24(22)35-15-14-29-27(31)26-17-30(23-16-19(28)8-13-25(23)36-26)37(32,33)21-11-9-20(34-3)10-12-21/h4-13,16,18,26H,14-15,17H2,1-3H3,(H,29,31)/t26-/m1/s1. The first-order valence-corrected chi connectivity index (χ1v) is 13.6. The highest BCUT2D eigenvalue weighted by atomic mass is 35.5. The number of methoxy groups -OCH3 is 1. The minimum atomic E-state index is -4.02. The Bertz CT molecular complexity index is 1360. The van der Waals surface area contributed by atoms with Gasteiger partial charge in [-0.15, -0.1) is 0 Å². The van der Waals surface area contributed by atoms with Crippen LogP contribution in [0.1, 0.15) is 25.3 Å². The van der Waals surface area contributed by atoms with Crippen molar-refractivity contribution in [3.8, 4) is 17.2 Å². The molecule has 1 amide bonds. The van der Waals surface area contributed by atoms with Crippen LogP contribution < -0.4 is 23.8 Å². The molecule has 0 saturated heterocycles. The van der Waals surface area contributed by atoms with Crippen LogP contribution in [-0.4, -0.2) is 47.2 Å². The molecule has 0 unspecified atom stereocenters. The number of hydrogen-bond acceptors (Lipinski definition) is 6. The van der Waals surface area contributed by atoms with Gasteiger partial charge in [0.05, 0.1) is 30.8 Å². The summed E-state index contributed by atoms with van der Waals surface area (Å²) in [6.07, 6.45) is -1.07. The lowest BCUT2D eigenvalue weighted by Crippen LogP contribution is -2.51. The second kappa shape index (κ2) is 11.3. The van der Waals surface area contributed by atoms with Gasteiger partial charge < -0.3 is 19.5 Å². The van der Waals surface area contributed by atoms with Crippen LogP contribution in [0.2, 0.25) is 5.02 Å². The van der Waals surface area contributed by atoms with Crippen molar-refractivity contribution in [2.24, 2.45) is 0 Å². The maximum absolute atomic E-state index is 13.6. The smallest absolute Gasteiger partial charge is 0.264 e. The van der Waals surface area contributed by atoms with E-state index < -0.39 is 22.0 Å². The van der Waals surface area contributed by atoms with E-state index in [0.717, 1.165) is 15.6 Å². The number of fused-ring (bicyclic) bond motifs is 1. The molecule has 3 aromatic rings. The van der Waals surface area contributed by atoms with Crippen molar-refractivity contribution >= 4 is 33.2 Å². The summed E-state index contributed by atoms with van der Waals surface area (Å²) in [4.78, 5) is 13.1. The molecule has 0 saturated carbocycles. The van der Waals surface area contributed by atoms with Crippen LogP contribution in [-0.2, 0) is 14.8 Å². The van der Waals surface area contributed by atoms with Crippen LogP contribution in [0.4, 0.5) is 5.69 Å². The summed E-state index contributed by atoms with van der Waals surface area (Å²) >= 11 is 6.16. The van der Waals surface area contributed by atoms with E-state index in [-0.39, 0.29) is 36.0 Å². The molecular formula is C27H29ClN2O6S. The highest BCUT2D eigenvalue weighted by Crippen LogP contribution is 2.39. The maximum Gasteiger partial charge on any atom is 0.264 e. The van der Waals surface area contributed by atoms with Gasteiger partial charge in [0.2, 0.25) is 0 Å². The van der Waals surface area contributed by atoms with Crippen molar-refractivity contribution < 1.29 is 27.4 Å². The lowest BCUT2D eigenvalue weighted by atomic mass is 10.0. The molecule has 37 heavy (non-hydrogen) atoms. The number of ether oxygens (including phenoxy) is 3. The first kappa shape index (κ1) is 26.6. The Balaban J connectivity index is 1.48. The van der Waals surface area contributed by atoms with Crippen LogP contribution in [0.5, 0.6) is 17.2 Å². The van der Waals surface area contributed by atoms with Crippen LogP contribution >= 0.6 is 11.6 Å². The summed E-state index contributed by atoms with van der Waals surface area (Å²) in [6.45, 7) is 4.43. The topological polar surface area (TPSA) is 94.2 Å². The monoisotopic (exact) mass is 544 g/mol. The summed E-state index contributed by atoms with van der Waals surface area (Å²) in [7, 11) is -2.52. The van der Waals surface area contributed by atoms with E-state index in [9.17, 15) is 13.2 Å². The molecule has 8 nitrogen and oxygen atoms in total. The molecule has 10 heteroatoms. The molecule has 0 bridgehead atoms. The average molecular weight is 545 g/mol. The Kier molecular flexibility index (Phi) is 8.14. The second-order valence-corrected chi connectivity index (χ2v) is 11.1. The van der Waals surface area contributed by atoms with E-state index in [1.807, 2.05) is 24.3 Å². The summed E-state index contributed by atoms with van der Waals surface area (Å²) in [5, 5.41) is 3.13. The van der Waals surface area contributed by atoms with E-state index in [0.29, 0.717) is 16.7 Å². The number of amides is 1. The van der Waals surface area contributed by atoms with Crippen LogP contribution in [0.3, 0.4) is 0 Å². The van der Waals surface area contributed by atoms with Gasteiger partial charge in [-0.05, 0) is 60.0 Å². The van der Waals surface area contributed by atoms with Gasteiger partial charge in [0.15, 0.2) is 6.10 Å². The highest BCUT2D eigenvalue weighted by molar-refractivity contribution is 7.92. The third-order valence-corrected chi connectivity index (χ3v) is 7.96. The van der Waals surface area contributed by atoms with Gasteiger partial charge in [0, 0.05) is 5.02 Å². The molecular weight excluding hydrogens is 516 g/mol. The minimum absolute atomic E-state index is 0.0532. The summed E-state index contributed by atoms with van der Waals surface area (Å²) in [5.41, 5.74) is 1.35. The average Bonchev–Trinajstić information content (AvgIpc) is 2.90. The lowest BCUT2D eigenvalue weighted by Gasteiger charge is -2.34. The molecule has 0 aromatic heterocycles. The number of rotatable bonds is 9.